The van der Waals surface area contributed by atoms with Crippen LogP contribution in [0.3, 0.4) is 0 Å². The van der Waals surface area contributed by atoms with E-state index in [-0.39, 0.29) is 17.1 Å². The first-order chi connectivity index (χ1) is 10.2. The summed E-state index contributed by atoms with van der Waals surface area (Å²) < 4.78 is 0. The van der Waals surface area contributed by atoms with Gasteiger partial charge in [-0.2, -0.15) is 10.2 Å². The van der Waals surface area contributed by atoms with Crippen LogP contribution in [0.15, 0.2) is 44.7 Å². The summed E-state index contributed by atoms with van der Waals surface area (Å²) in [6.45, 7) is 0. The summed E-state index contributed by atoms with van der Waals surface area (Å²) in [4.78, 5) is 11.6. The normalized spacial score (nSPS) is 12.9. The van der Waals surface area contributed by atoms with Gasteiger partial charge in [-0.1, -0.05) is 6.07 Å². The number of pyridine rings is 1. The quantitative estimate of drug-likeness (QED) is 0.249. The van der Waals surface area contributed by atoms with Crippen molar-refractivity contribution < 1.29 is 17.1 Å². The molecule has 0 spiro atoms. The summed E-state index contributed by atoms with van der Waals surface area (Å²) in [7, 11) is 3.17. The molecule has 0 saturated carbocycles. The molecule has 1 aromatic rings. The fourth-order valence-corrected chi connectivity index (χ4v) is 1.31. The van der Waals surface area contributed by atoms with Gasteiger partial charge in [0.2, 0.25) is 0 Å². The maximum atomic E-state index is 4.92. The maximum Gasteiger partial charge on any atom is 2.00 e. The van der Waals surface area contributed by atoms with Crippen LogP contribution in [0, 0.1) is 0 Å². The minimum atomic E-state index is 0. The fourth-order valence-electron chi connectivity index (χ4n) is 1.21. The molecule has 0 aromatic carbocycles. The number of rotatable bonds is 5. The molecule has 22 heavy (non-hydrogen) atoms. The third-order valence-corrected chi connectivity index (χ3v) is 2.73. The number of hydrazone groups is 2. The number of hydrogen-bond donors (Lipinski definition) is 2. The summed E-state index contributed by atoms with van der Waals surface area (Å²) >= 11 is 9.79. The average Bonchev–Trinajstić information content (AvgIpc) is 2.52. The van der Waals surface area contributed by atoms with Crippen LogP contribution in [0.25, 0.3) is 0 Å². The molecular weight excluding hydrogens is 370 g/mol. The van der Waals surface area contributed by atoms with E-state index in [1.807, 2.05) is 12.1 Å². The molecule has 2 N–H and O–H groups in total. The molecule has 121 valence electrons. The van der Waals surface area contributed by atoms with E-state index in [4.69, 9.17) is 25.3 Å². The summed E-state index contributed by atoms with van der Waals surface area (Å²) in [6, 6.07) is 3.80. The predicted molar refractivity (Wildman–Crippen MR) is 91.6 cm³/mol. The molecule has 0 unspecified atom stereocenters. The van der Waals surface area contributed by atoms with Gasteiger partial charge in [0.1, 0.15) is 0 Å². The van der Waals surface area contributed by atoms with Crippen LogP contribution in [0.4, 0.5) is 0 Å². The Hall–Kier alpha value is -1.61. The topological polar surface area (TPSA) is 86.4 Å². The number of aromatic nitrogens is 1. The van der Waals surface area contributed by atoms with E-state index in [2.05, 4.69) is 36.0 Å². The van der Waals surface area contributed by atoms with Crippen LogP contribution in [0.2, 0.25) is 0 Å². The average molecular weight is 385 g/mol. The van der Waals surface area contributed by atoms with E-state index < -0.39 is 0 Å². The molecule has 0 atom stereocenters. The van der Waals surface area contributed by atoms with Crippen molar-refractivity contribution in [1.82, 2.24) is 15.8 Å². The van der Waals surface area contributed by atoms with Crippen molar-refractivity contribution in [1.29, 1.82) is 0 Å². The van der Waals surface area contributed by atoms with Gasteiger partial charge in [0.15, 0.2) is 0 Å². The molecule has 1 radical (unpaired) electrons. The van der Waals surface area contributed by atoms with E-state index in [1.54, 1.807) is 26.5 Å². The van der Waals surface area contributed by atoms with Crippen molar-refractivity contribution in [2.24, 2.45) is 20.2 Å². The van der Waals surface area contributed by atoms with E-state index in [0.29, 0.717) is 22.5 Å². The van der Waals surface area contributed by atoms with Gasteiger partial charge < -0.3 is 25.3 Å². The van der Waals surface area contributed by atoms with Gasteiger partial charge >= 0.3 is 17.1 Å². The van der Waals surface area contributed by atoms with Crippen LogP contribution in [-0.2, 0) is 48.7 Å². The van der Waals surface area contributed by atoms with E-state index in [9.17, 15) is 0 Å². The maximum absolute atomic E-state index is 4.92. The molecule has 0 fully saturated rings. The molecule has 0 aliphatic heterocycles. The van der Waals surface area contributed by atoms with Crippen LogP contribution in [0.1, 0.15) is 5.56 Å². The molecule has 0 bridgehead atoms. The van der Waals surface area contributed by atoms with Gasteiger partial charge in [0, 0.05) is 32.9 Å². The number of hydrogen-bond acceptors (Lipinski definition) is 7. The van der Waals surface area contributed by atoms with E-state index in [0.717, 1.165) is 5.56 Å². The van der Waals surface area contributed by atoms with Crippen molar-refractivity contribution in [3.8, 4) is 0 Å². The first kappa shape index (κ1) is 20.4. The second-order valence-corrected chi connectivity index (χ2v) is 4.45. The standard InChI is InChI=1S/C12H17N7S2.Cu/c1-13-11(20)18-16-8-10(17-19-12(21)14-2)6-9-4-3-5-15-7-9;/h3-5,7-8H,6H2,1-2H3,(H2,13,18,20)(H2,14,19,21);/q;+2/p-2/b16-8+,17-10+;. The second-order valence-electron chi connectivity index (χ2n) is 3.68. The van der Waals surface area contributed by atoms with Crippen molar-refractivity contribution in [3.63, 3.8) is 0 Å². The first-order valence-electron chi connectivity index (χ1n) is 5.94. The van der Waals surface area contributed by atoms with Gasteiger partial charge in [-0.3, -0.25) is 25.8 Å². The fraction of sp³-hybridized carbons (Fsp3) is 0.250. The molecule has 1 aromatic heterocycles. The van der Waals surface area contributed by atoms with Crippen LogP contribution >= 0.6 is 0 Å². The van der Waals surface area contributed by atoms with Gasteiger partial charge in [0.05, 0.1) is 11.9 Å². The van der Waals surface area contributed by atoms with Crippen molar-refractivity contribution in [3.05, 3.63) is 30.1 Å². The first-order valence-corrected chi connectivity index (χ1v) is 6.75. The summed E-state index contributed by atoms with van der Waals surface area (Å²) in [5.41, 5.74) is 6.90. The zero-order chi connectivity index (χ0) is 15.5. The Morgan fingerprint density at radius 2 is 1.91 bits per heavy atom. The van der Waals surface area contributed by atoms with Gasteiger partial charge in [-0.05, 0) is 22.0 Å². The molecule has 7 nitrogen and oxygen atoms in total. The Labute approximate surface area is 151 Å². The molecule has 0 saturated heterocycles. The summed E-state index contributed by atoms with van der Waals surface area (Å²) in [5, 5.41) is 8.70. The number of nitrogens with one attached hydrogen (secondary N) is 2. The third-order valence-electron chi connectivity index (χ3n) is 2.18. The summed E-state index contributed by atoms with van der Waals surface area (Å²) in [6.07, 6.45) is 5.54. The SMILES string of the molecule is CN=C([S-])N/N=C/C(Cc1cccnc1)=N/NC([S-])=NC.[Cu+2]. The third kappa shape index (κ3) is 8.63. The number of aliphatic imine (C=N–C) groups is 2. The zero-order valence-corrected chi connectivity index (χ0v) is 14.5. The smallest absolute Gasteiger partial charge is 0.741 e. The molecule has 1 rings (SSSR count). The molecule has 1 heterocycles. The molecule has 0 aliphatic rings. The van der Waals surface area contributed by atoms with Crippen molar-refractivity contribution >= 4 is 47.5 Å². The van der Waals surface area contributed by atoms with Gasteiger partial charge in [-0.15, -0.1) is 0 Å². The van der Waals surface area contributed by atoms with Crippen LogP contribution in [-0.4, -0.2) is 41.3 Å². The Morgan fingerprint density at radius 1 is 1.23 bits per heavy atom. The van der Waals surface area contributed by atoms with Gasteiger partial charge in [-0.25, -0.2) is 0 Å². The summed E-state index contributed by atoms with van der Waals surface area (Å²) in [5.74, 6) is 0. The van der Waals surface area contributed by atoms with Crippen LogP contribution in [0.5, 0.6) is 0 Å². The largest absolute Gasteiger partial charge is 2.00 e. The molecule has 0 aliphatic carbocycles. The van der Waals surface area contributed by atoms with Crippen molar-refractivity contribution in [2.75, 3.05) is 14.1 Å². The Balaban J connectivity index is 0.00000441. The zero-order valence-electron chi connectivity index (χ0n) is 11.9. The molecular formula is C12H15CuN7S2. The van der Waals surface area contributed by atoms with Crippen molar-refractivity contribution in [2.45, 2.75) is 6.42 Å². The molecule has 10 heteroatoms. The van der Waals surface area contributed by atoms with E-state index >= 15 is 0 Å². The Morgan fingerprint density at radius 3 is 2.50 bits per heavy atom. The Bertz CT molecular complexity index is 558. The number of amidine groups is 2. The predicted octanol–water partition coefficient (Wildman–Crippen LogP) is 0.208. The van der Waals surface area contributed by atoms with Crippen LogP contribution < -0.4 is 10.9 Å². The van der Waals surface area contributed by atoms with E-state index in [1.165, 1.54) is 6.21 Å². The minimum absolute atomic E-state index is 0. The molecule has 0 amide bonds. The second kappa shape index (κ2) is 12.0. The monoisotopic (exact) mass is 384 g/mol. The Kier molecular flexibility index (Phi) is 11.1. The minimum Gasteiger partial charge on any atom is -0.741 e. The van der Waals surface area contributed by atoms with Gasteiger partial charge in [0.25, 0.3) is 0 Å². The number of nitrogens with zero attached hydrogens (tertiary/aromatic N) is 5.